The molecule has 0 amide bonds. The Labute approximate surface area is 139 Å². The van der Waals surface area contributed by atoms with Crippen molar-refractivity contribution in [2.24, 2.45) is 5.73 Å². The molecule has 100 valence electrons. The average molecular weight is 448 g/mol. The zero-order valence-corrected chi connectivity index (χ0v) is 15.4. The van der Waals surface area contributed by atoms with E-state index in [1.54, 1.807) is 0 Å². The van der Waals surface area contributed by atoms with Crippen molar-refractivity contribution in [2.45, 2.75) is 19.9 Å². The Morgan fingerprint density at radius 3 is 2.11 bits per heavy atom. The first kappa shape index (κ1) is 15.2. The summed E-state index contributed by atoms with van der Waals surface area (Å²) >= 11 is 10.7. The molecule has 1 atom stereocenters. The molecule has 0 aliphatic carbocycles. The third kappa shape index (κ3) is 3.30. The minimum Gasteiger partial charge on any atom is -0.320 e. The number of benzene rings is 2. The van der Waals surface area contributed by atoms with Gasteiger partial charge in [0.2, 0.25) is 0 Å². The van der Waals surface area contributed by atoms with E-state index in [0.29, 0.717) is 0 Å². The van der Waals surface area contributed by atoms with Crippen molar-refractivity contribution in [3.05, 3.63) is 66.0 Å². The number of nitrogens with two attached hydrogens (primary N) is 1. The molecule has 0 fully saturated rings. The molecule has 2 aromatic rings. The van der Waals surface area contributed by atoms with Gasteiger partial charge >= 0.3 is 0 Å². The smallest absolute Gasteiger partial charge is 0.0563 e. The maximum atomic E-state index is 6.39. The summed E-state index contributed by atoms with van der Waals surface area (Å²) in [6.07, 6.45) is 0. The lowest BCUT2D eigenvalue weighted by Gasteiger charge is -2.17. The van der Waals surface area contributed by atoms with E-state index in [2.05, 4.69) is 85.9 Å². The average Bonchev–Trinajstić information content (AvgIpc) is 2.36. The van der Waals surface area contributed by atoms with Gasteiger partial charge in [-0.25, -0.2) is 0 Å². The zero-order valence-electron chi connectivity index (χ0n) is 10.7. The van der Waals surface area contributed by atoms with Crippen LogP contribution in [0.25, 0.3) is 0 Å². The first-order chi connectivity index (χ1) is 8.90. The van der Waals surface area contributed by atoms with Crippen molar-refractivity contribution in [3.8, 4) is 0 Å². The fraction of sp³-hybridized carbons (Fsp3) is 0.200. The normalized spacial score (nSPS) is 12.5. The summed E-state index contributed by atoms with van der Waals surface area (Å²) in [6.45, 7) is 4.13. The van der Waals surface area contributed by atoms with E-state index in [9.17, 15) is 0 Å². The number of halogens is 3. The molecule has 2 N–H and O–H groups in total. The van der Waals surface area contributed by atoms with Gasteiger partial charge < -0.3 is 5.73 Å². The lowest BCUT2D eigenvalue weighted by Crippen LogP contribution is -2.13. The second-order valence-electron chi connectivity index (χ2n) is 4.61. The lowest BCUT2D eigenvalue weighted by atomic mass is 9.97. The van der Waals surface area contributed by atoms with Gasteiger partial charge in [0.05, 0.1) is 6.04 Å². The predicted octanol–water partition coefficient (Wildman–Crippen LogP) is 5.64. The monoisotopic (exact) mass is 445 g/mol. The van der Waals surface area contributed by atoms with Crippen LogP contribution in [0.5, 0.6) is 0 Å². The topological polar surface area (TPSA) is 26.0 Å². The SMILES string of the molecule is Cc1cc(C(N)c2cc(Br)c(C)cc2Br)ccc1Br. The molecule has 0 heterocycles. The van der Waals surface area contributed by atoms with Crippen LogP contribution < -0.4 is 5.73 Å². The zero-order chi connectivity index (χ0) is 14.2. The molecule has 1 unspecified atom stereocenters. The number of rotatable bonds is 2. The van der Waals surface area contributed by atoms with E-state index in [0.717, 1.165) is 24.5 Å². The van der Waals surface area contributed by atoms with E-state index in [1.807, 2.05) is 6.07 Å². The molecule has 0 radical (unpaired) electrons. The summed E-state index contributed by atoms with van der Waals surface area (Å²) in [7, 11) is 0. The van der Waals surface area contributed by atoms with E-state index < -0.39 is 0 Å². The van der Waals surface area contributed by atoms with Gasteiger partial charge in [-0.3, -0.25) is 0 Å². The molecule has 0 aliphatic rings. The third-order valence-electron chi connectivity index (χ3n) is 3.15. The van der Waals surface area contributed by atoms with Crippen molar-refractivity contribution in [1.82, 2.24) is 0 Å². The molecule has 4 heteroatoms. The highest BCUT2D eigenvalue weighted by Gasteiger charge is 2.14. The highest BCUT2D eigenvalue weighted by molar-refractivity contribution is 9.11. The molecule has 1 nitrogen and oxygen atoms in total. The molecule has 0 aliphatic heterocycles. The van der Waals surface area contributed by atoms with Crippen LogP contribution in [0.4, 0.5) is 0 Å². The summed E-state index contributed by atoms with van der Waals surface area (Å²) in [5, 5.41) is 0. The van der Waals surface area contributed by atoms with Crippen LogP contribution in [-0.2, 0) is 0 Å². The quantitative estimate of drug-likeness (QED) is 0.633. The first-order valence-corrected chi connectivity index (χ1v) is 8.25. The summed E-state index contributed by atoms with van der Waals surface area (Å²) in [5.74, 6) is 0. The van der Waals surface area contributed by atoms with Crippen LogP contribution in [0.3, 0.4) is 0 Å². The Bertz CT molecular complexity index is 623. The fourth-order valence-electron chi connectivity index (χ4n) is 1.94. The van der Waals surface area contributed by atoms with E-state index >= 15 is 0 Å². The van der Waals surface area contributed by atoms with Crippen LogP contribution >= 0.6 is 47.8 Å². The molecule has 0 aromatic heterocycles. The van der Waals surface area contributed by atoms with Gasteiger partial charge in [0.15, 0.2) is 0 Å². The van der Waals surface area contributed by atoms with E-state index in [-0.39, 0.29) is 6.04 Å². The molecular weight excluding hydrogens is 434 g/mol. The minimum absolute atomic E-state index is 0.141. The highest BCUT2D eigenvalue weighted by Crippen LogP contribution is 2.32. The van der Waals surface area contributed by atoms with E-state index in [1.165, 1.54) is 11.1 Å². The van der Waals surface area contributed by atoms with Crippen molar-refractivity contribution in [1.29, 1.82) is 0 Å². The minimum atomic E-state index is -0.141. The Morgan fingerprint density at radius 2 is 1.47 bits per heavy atom. The second-order valence-corrected chi connectivity index (χ2v) is 7.17. The molecule has 0 saturated carbocycles. The number of aryl methyl sites for hydroxylation is 2. The molecule has 0 spiro atoms. The molecule has 0 saturated heterocycles. The van der Waals surface area contributed by atoms with Crippen molar-refractivity contribution < 1.29 is 0 Å². The summed E-state index contributed by atoms with van der Waals surface area (Å²) in [5.41, 5.74) is 11.0. The van der Waals surface area contributed by atoms with Gasteiger partial charge in [0.1, 0.15) is 0 Å². The maximum Gasteiger partial charge on any atom is 0.0563 e. The Kier molecular flexibility index (Phi) is 4.88. The summed E-state index contributed by atoms with van der Waals surface area (Å²) in [4.78, 5) is 0. The molecule has 2 rings (SSSR count). The molecule has 19 heavy (non-hydrogen) atoms. The van der Waals surface area contributed by atoms with Gasteiger partial charge in [-0.2, -0.15) is 0 Å². The van der Waals surface area contributed by atoms with Crippen LogP contribution in [0.1, 0.15) is 28.3 Å². The first-order valence-electron chi connectivity index (χ1n) is 5.87. The van der Waals surface area contributed by atoms with Gasteiger partial charge in [-0.1, -0.05) is 59.9 Å². The standard InChI is InChI=1S/C15H14Br3N/c1-8-5-10(3-4-12(8)16)15(19)11-7-13(17)9(2)6-14(11)18/h3-7,15H,19H2,1-2H3. The molecule has 2 aromatic carbocycles. The Balaban J connectivity index is 2.46. The number of hydrogen-bond donors (Lipinski definition) is 1. The maximum absolute atomic E-state index is 6.39. The van der Waals surface area contributed by atoms with Crippen LogP contribution in [-0.4, -0.2) is 0 Å². The van der Waals surface area contributed by atoms with Gasteiger partial charge in [-0.05, 0) is 54.3 Å². The van der Waals surface area contributed by atoms with Crippen LogP contribution in [0, 0.1) is 13.8 Å². The predicted molar refractivity (Wildman–Crippen MR) is 91.5 cm³/mol. The Morgan fingerprint density at radius 1 is 0.842 bits per heavy atom. The van der Waals surface area contributed by atoms with Gasteiger partial charge in [0, 0.05) is 13.4 Å². The van der Waals surface area contributed by atoms with Crippen LogP contribution in [0.2, 0.25) is 0 Å². The Hall–Kier alpha value is -0.160. The van der Waals surface area contributed by atoms with Crippen molar-refractivity contribution >= 4 is 47.8 Å². The summed E-state index contributed by atoms with van der Waals surface area (Å²) in [6, 6.07) is 10.3. The van der Waals surface area contributed by atoms with Gasteiger partial charge in [0.25, 0.3) is 0 Å². The lowest BCUT2D eigenvalue weighted by molar-refractivity contribution is 0.861. The molecular formula is C15H14Br3N. The summed E-state index contributed by atoms with van der Waals surface area (Å²) < 4.78 is 3.23. The van der Waals surface area contributed by atoms with E-state index in [4.69, 9.17) is 5.73 Å². The third-order valence-corrected chi connectivity index (χ3v) is 5.58. The van der Waals surface area contributed by atoms with Crippen molar-refractivity contribution in [3.63, 3.8) is 0 Å². The highest BCUT2D eigenvalue weighted by atomic mass is 79.9. The number of hydrogen-bond acceptors (Lipinski definition) is 1. The second kappa shape index (κ2) is 6.08. The molecule has 0 bridgehead atoms. The fourth-order valence-corrected chi connectivity index (χ4v) is 3.25. The van der Waals surface area contributed by atoms with Gasteiger partial charge in [-0.15, -0.1) is 0 Å². The largest absolute Gasteiger partial charge is 0.320 e. The van der Waals surface area contributed by atoms with Crippen molar-refractivity contribution in [2.75, 3.05) is 0 Å². The van der Waals surface area contributed by atoms with Crippen LogP contribution in [0.15, 0.2) is 43.7 Å².